The first-order chi connectivity index (χ1) is 12.4. The van der Waals surface area contributed by atoms with Crippen molar-refractivity contribution in [3.8, 4) is 0 Å². The van der Waals surface area contributed by atoms with E-state index in [2.05, 4.69) is 10.1 Å². The van der Waals surface area contributed by atoms with Gasteiger partial charge in [-0.15, -0.1) is 0 Å². The first-order valence-electron chi connectivity index (χ1n) is 9.37. The van der Waals surface area contributed by atoms with Crippen molar-refractivity contribution in [3.63, 3.8) is 0 Å². The van der Waals surface area contributed by atoms with E-state index in [9.17, 15) is 14.4 Å². The van der Waals surface area contributed by atoms with E-state index in [0.717, 1.165) is 25.0 Å². The van der Waals surface area contributed by atoms with Gasteiger partial charge in [-0.1, -0.05) is 33.1 Å². The summed E-state index contributed by atoms with van der Waals surface area (Å²) in [6.45, 7) is 6.17. The van der Waals surface area contributed by atoms with Crippen LogP contribution < -0.4 is 5.32 Å². The SMILES string of the molecule is CCOC(=O)C=CC(=O)OCC(NC(=O)OCC1CCCCC1)C(C)C. The van der Waals surface area contributed by atoms with Gasteiger partial charge in [-0.3, -0.25) is 0 Å². The number of nitrogens with one attached hydrogen (secondary N) is 1. The maximum Gasteiger partial charge on any atom is 0.407 e. The lowest BCUT2D eigenvalue weighted by molar-refractivity contribution is -0.140. The minimum Gasteiger partial charge on any atom is -0.463 e. The Morgan fingerprint density at radius 1 is 1.00 bits per heavy atom. The van der Waals surface area contributed by atoms with Crippen LogP contribution in [-0.2, 0) is 23.8 Å². The van der Waals surface area contributed by atoms with Crippen LogP contribution in [0.2, 0.25) is 0 Å². The molecule has 0 aromatic rings. The van der Waals surface area contributed by atoms with Crippen molar-refractivity contribution >= 4 is 18.0 Å². The van der Waals surface area contributed by atoms with Crippen LogP contribution in [0.3, 0.4) is 0 Å². The fourth-order valence-electron chi connectivity index (χ4n) is 2.69. The Balaban J connectivity index is 2.34. The summed E-state index contributed by atoms with van der Waals surface area (Å²) < 4.78 is 15.1. The summed E-state index contributed by atoms with van der Waals surface area (Å²) in [5.41, 5.74) is 0. The summed E-state index contributed by atoms with van der Waals surface area (Å²) in [5.74, 6) is -0.771. The summed E-state index contributed by atoms with van der Waals surface area (Å²) in [4.78, 5) is 34.8. The van der Waals surface area contributed by atoms with Crippen molar-refractivity contribution in [1.29, 1.82) is 0 Å². The summed E-state index contributed by atoms with van der Waals surface area (Å²) in [6, 6.07) is -0.367. The summed E-state index contributed by atoms with van der Waals surface area (Å²) in [7, 11) is 0. The van der Waals surface area contributed by atoms with E-state index in [-0.39, 0.29) is 25.2 Å². The summed E-state index contributed by atoms with van der Waals surface area (Å²) in [6.07, 6.45) is 7.38. The molecule has 0 heterocycles. The van der Waals surface area contributed by atoms with Crippen molar-refractivity contribution in [2.75, 3.05) is 19.8 Å². The Bertz CT molecular complexity index is 482. The molecule has 7 nitrogen and oxygen atoms in total. The highest BCUT2D eigenvalue weighted by molar-refractivity contribution is 5.91. The fraction of sp³-hybridized carbons (Fsp3) is 0.737. The lowest BCUT2D eigenvalue weighted by atomic mass is 9.90. The zero-order chi connectivity index (χ0) is 19.4. The smallest absolute Gasteiger partial charge is 0.407 e. The molecule has 26 heavy (non-hydrogen) atoms. The largest absolute Gasteiger partial charge is 0.463 e. The number of carbonyl (C=O) groups excluding carboxylic acids is 3. The van der Waals surface area contributed by atoms with Crippen molar-refractivity contribution in [2.24, 2.45) is 11.8 Å². The minimum atomic E-state index is -0.666. The van der Waals surface area contributed by atoms with E-state index >= 15 is 0 Å². The van der Waals surface area contributed by atoms with E-state index in [1.165, 1.54) is 19.3 Å². The van der Waals surface area contributed by atoms with Gasteiger partial charge in [0.1, 0.15) is 6.61 Å². The van der Waals surface area contributed by atoms with Crippen LogP contribution in [-0.4, -0.2) is 43.9 Å². The highest BCUT2D eigenvalue weighted by Crippen LogP contribution is 2.23. The number of rotatable bonds is 9. The van der Waals surface area contributed by atoms with Gasteiger partial charge in [0.15, 0.2) is 0 Å². The second-order valence-electron chi connectivity index (χ2n) is 6.81. The average Bonchev–Trinajstić information content (AvgIpc) is 2.62. The molecule has 1 atom stereocenters. The van der Waals surface area contributed by atoms with Gasteiger partial charge in [0.25, 0.3) is 0 Å². The molecule has 0 radical (unpaired) electrons. The third kappa shape index (κ3) is 9.44. The molecular formula is C19H31NO6. The van der Waals surface area contributed by atoms with Crippen LogP contribution in [0.25, 0.3) is 0 Å². The summed E-state index contributed by atoms with van der Waals surface area (Å²) in [5, 5.41) is 2.74. The number of hydrogen-bond acceptors (Lipinski definition) is 6. The summed E-state index contributed by atoms with van der Waals surface area (Å²) >= 11 is 0. The van der Waals surface area contributed by atoms with Gasteiger partial charge in [-0.05, 0) is 31.6 Å². The molecule has 1 N–H and O–H groups in total. The lowest BCUT2D eigenvalue weighted by Crippen LogP contribution is -2.43. The number of esters is 2. The van der Waals surface area contributed by atoms with E-state index in [1.807, 2.05) is 13.8 Å². The standard InChI is InChI=1S/C19H31NO6/c1-4-24-17(21)10-11-18(22)25-13-16(14(2)3)20-19(23)26-12-15-8-6-5-7-9-15/h10-11,14-16H,4-9,12-13H2,1-3H3,(H,20,23). The van der Waals surface area contributed by atoms with Gasteiger partial charge in [0.05, 0.1) is 19.3 Å². The van der Waals surface area contributed by atoms with Crippen LogP contribution in [0.5, 0.6) is 0 Å². The van der Waals surface area contributed by atoms with Crippen molar-refractivity contribution in [2.45, 2.75) is 58.9 Å². The van der Waals surface area contributed by atoms with Crippen molar-refractivity contribution < 1.29 is 28.6 Å². The topological polar surface area (TPSA) is 90.9 Å². The van der Waals surface area contributed by atoms with Gasteiger partial charge in [0, 0.05) is 12.2 Å². The van der Waals surface area contributed by atoms with E-state index in [1.54, 1.807) is 6.92 Å². The molecule has 1 saturated carbocycles. The molecule has 0 bridgehead atoms. The quantitative estimate of drug-likeness (QED) is 0.382. The Hall–Kier alpha value is -2.05. The Labute approximate surface area is 155 Å². The zero-order valence-corrected chi connectivity index (χ0v) is 16.0. The molecule has 1 unspecified atom stereocenters. The molecule has 7 heteroatoms. The number of carbonyl (C=O) groups is 3. The predicted octanol–water partition coefficient (Wildman–Crippen LogP) is 2.98. The molecule has 0 aromatic carbocycles. The molecule has 1 fully saturated rings. The molecule has 148 valence electrons. The normalized spacial score (nSPS) is 16.3. The number of hydrogen-bond donors (Lipinski definition) is 1. The first-order valence-corrected chi connectivity index (χ1v) is 9.37. The van der Waals surface area contributed by atoms with Crippen molar-refractivity contribution in [3.05, 3.63) is 12.2 Å². The maximum atomic E-state index is 12.0. The second-order valence-corrected chi connectivity index (χ2v) is 6.81. The number of amides is 1. The molecule has 1 aliphatic carbocycles. The molecule has 1 amide bonds. The first kappa shape index (κ1) is 22.0. The van der Waals surface area contributed by atoms with E-state index < -0.39 is 18.0 Å². The second kappa shape index (κ2) is 12.3. The molecule has 0 saturated heterocycles. The van der Waals surface area contributed by atoms with Gasteiger partial charge in [-0.25, -0.2) is 14.4 Å². The van der Waals surface area contributed by atoms with Gasteiger partial charge < -0.3 is 19.5 Å². The maximum absolute atomic E-state index is 12.0. The Kier molecular flexibility index (Phi) is 10.4. The van der Waals surface area contributed by atoms with Gasteiger partial charge >= 0.3 is 18.0 Å². The van der Waals surface area contributed by atoms with Gasteiger partial charge in [-0.2, -0.15) is 0 Å². The predicted molar refractivity (Wildman–Crippen MR) is 96.4 cm³/mol. The van der Waals surface area contributed by atoms with Crippen LogP contribution in [0, 0.1) is 11.8 Å². The third-order valence-electron chi connectivity index (χ3n) is 4.33. The Morgan fingerprint density at radius 3 is 2.19 bits per heavy atom. The van der Waals surface area contributed by atoms with Gasteiger partial charge in [0.2, 0.25) is 0 Å². The molecule has 1 rings (SSSR count). The average molecular weight is 369 g/mol. The van der Waals surface area contributed by atoms with Crippen LogP contribution in [0.4, 0.5) is 4.79 Å². The van der Waals surface area contributed by atoms with Crippen LogP contribution >= 0.6 is 0 Å². The highest BCUT2D eigenvalue weighted by atomic mass is 16.6. The van der Waals surface area contributed by atoms with Crippen molar-refractivity contribution in [1.82, 2.24) is 5.32 Å². The monoisotopic (exact) mass is 369 g/mol. The lowest BCUT2D eigenvalue weighted by Gasteiger charge is -2.24. The third-order valence-corrected chi connectivity index (χ3v) is 4.33. The number of ether oxygens (including phenoxy) is 3. The Morgan fingerprint density at radius 2 is 1.62 bits per heavy atom. The molecule has 1 aliphatic rings. The van der Waals surface area contributed by atoms with Crippen LogP contribution in [0.1, 0.15) is 52.9 Å². The highest BCUT2D eigenvalue weighted by Gasteiger charge is 2.20. The van der Waals surface area contributed by atoms with E-state index in [4.69, 9.17) is 9.47 Å². The van der Waals surface area contributed by atoms with Crippen LogP contribution in [0.15, 0.2) is 12.2 Å². The number of alkyl carbamates (subject to hydrolysis) is 1. The molecular weight excluding hydrogens is 338 g/mol. The zero-order valence-electron chi connectivity index (χ0n) is 16.0. The minimum absolute atomic E-state index is 0.00218. The fourth-order valence-corrected chi connectivity index (χ4v) is 2.69. The van der Waals surface area contributed by atoms with E-state index in [0.29, 0.717) is 12.5 Å². The molecule has 0 spiro atoms. The molecule has 0 aliphatic heterocycles. The molecule has 0 aromatic heterocycles.